The van der Waals surface area contributed by atoms with Crippen molar-refractivity contribution < 1.29 is 9.59 Å². The first-order valence-electron chi connectivity index (χ1n) is 6.25. The monoisotopic (exact) mass is 294 g/mol. The van der Waals surface area contributed by atoms with Crippen molar-refractivity contribution in [3.05, 3.63) is 35.9 Å². The zero-order valence-electron chi connectivity index (χ0n) is 10.3. The molecule has 2 rings (SSSR count). The van der Waals surface area contributed by atoms with Crippen LogP contribution < -0.4 is 0 Å². The van der Waals surface area contributed by atoms with Crippen LogP contribution in [0.3, 0.4) is 0 Å². The van der Waals surface area contributed by atoms with Crippen LogP contribution in [0.5, 0.6) is 0 Å². The average Bonchev–Trinajstić information content (AvgIpc) is 2.58. The third-order valence-electron chi connectivity index (χ3n) is 3.87. The number of rotatable bonds is 3. The summed E-state index contributed by atoms with van der Waals surface area (Å²) in [6.45, 7) is 3.98. The molecule has 0 heterocycles. The number of hydrogen-bond donors (Lipinski definition) is 0. The van der Waals surface area contributed by atoms with Crippen LogP contribution in [0.15, 0.2) is 30.3 Å². The largest absolute Gasteiger partial charge is 0.299 e. The average molecular weight is 294 g/mol. The van der Waals surface area contributed by atoms with E-state index in [1.807, 2.05) is 25.1 Å². The standard InChI is InChI=1S/C15H18O2.4CH4/c1-3-12(11-7-5-4-6-8-11)15-10(2)13(16)9-14(15)17;;;;/h4-8,10,12,15H,3,9H2,1-2H3;4*1H4. The van der Waals surface area contributed by atoms with Crippen molar-refractivity contribution in [1.82, 2.24) is 0 Å². The molecule has 1 aromatic rings. The molecule has 1 aliphatic carbocycles. The van der Waals surface area contributed by atoms with E-state index in [4.69, 9.17) is 0 Å². The van der Waals surface area contributed by atoms with Crippen LogP contribution in [0, 0.1) is 11.8 Å². The Labute approximate surface area is 132 Å². The maximum Gasteiger partial charge on any atom is 0.144 e. The zero-order chi connectivity index (χ0) is 12.4. The molecule has 0 radical (unpaired) electrons. The van der Waals surface area contributed by atoms with Crippen molar-refractivity contribution in [2.45, 2.75) is 62.3 Å². The molecule has 1 saturated carbocycles. The highest BCUT2D eigenvalue weighted by Gasteiger charge is 2.42. The second-order valence-corrected chi connectivity index (χ2v) is 4.85. The fourth-order valence-corrected chi connectivity index (χ4v) is 2.90. The lowest BCUT2D eigenvalue weighted by Gasteiger charge is -2.24. The lowest BCUT2D eigenvalue weighted by Crippen LogP contribution is -2.22. The fourth-order valence-electron chi connectivity index (χ4n) is 2.90. The molecule has 1 aliphatic rings. The summed E-state index contributed by atoms with van der Waals surface area (Å²) in [7, 11) is 0. The third kappa shape index (κ3) is 4.80. The fraction of sp³-hybridized carbons (Fsp3) is 0.579. The molecule has 0 aliphatic heterocycles. The summed E-state index contributed by atoms with van der Waals surface area (Å²) < 4.78 is 0. The first-order chi connectivity index (χ1) is 8.15. The highest BCUT2D eigenvalue weighted by Crippen LogP contribution is 2.39. The minimum atomic E-state index is -0.118. The smallest absolute Gasteiger partial charge is 0.144 e. The summed E-state index contributed by atoms with van der Waals surface area (Å²) in [6.07, 6.45) is 1.03. The summed E-state index contributed by atoms with van der Waals surface area (Å²) in [5.74, 6) is 0.181. The SMILES string of the molecule is C.C.C.C.CCC(c1ccccc1)C1C(=O)CC(=O)C1C. The van der Waals surface area contributed by atoms with Gasteiger partial charge in [0.2, 0.25) is 0 Å². The minimum Gasteiger partial charge on any atom is -0.299 e. The molecule has 21 heavy (non-hydrogen) atoms. The number of ketones is 2. The molecule has 0 bridgehead atoms. The van der Waals surface area contributed by atoms with Crippen LogP contribution >= 0.6 is 0 Å². The van der Waals surface area contributed by atoms with Gasteiger partial charge in [0.1, 0.15) is 11.6 Å². The first-order valence-corrected chi connectivity index (χ1v) is 6.25. The van der Waals surface area contributed by atoms with E-state index in [0.717, 1.165) is 6.42 Å². The Bertz CT molecular complexity index is 422. The summed E-state index contributed by atoms with van der Waals surface area (Å²) in [6, 6.07) is 10.1. The number of carbonyl (C=O) groups is 2. The molecule has 3 unspecified atom stereocenters. The second-order valence-electron chi connectivity index (χ2n) is 4.85. The van der Waals surface area contributed by atoms with Gasteiger partial charge in [-0.3, -0.25) is 9.59 Å². The van der Waals surface area contributed by atoms with Gasteiger partial charge in [0.05, 0.1) is 6.42 Å². The van der Waals surface area contributed by atoms with E-state index >= 15 is 0 Å². The van der Waals surface area contributed by atoms with Crippen LogP contribution in [0.1, 0.15) is 67.9 Å². The Morgan fingerprint density at radius 2 is 1.52 bits per heavy atom. The van der Waals surface area contributed by atoms with E-state index in [0.29, 0.717) is 0 Å². The molecule has 3 atom stereocenters. The first kappa shape index (κ1) is 24.6. The quantitative estimate of drug-likeness (QED) is 0.688. The van der Waals surface area contributed by atoms with Crippen LogP contribution in [-0.2, 0) is 9.59 Å². The zero-order valence-corrected chi connectivity index (χ0v) is 10.3. The normalized spacial score (nSPS) is 21.2. The minimum absolute atomic E-state index is 0. The maximum absolute atomic E-state index is 11.9. The third-order valence-corrected chi connectivity index (χ3v) is 3.87. The molecule has 2 heteroatoms. The molecular formula is C19H34O2. The Kier molecular flexibility index (Phi) is 12.1. The Balaban J connectivity index is -0.000000810. The van der Waals surface area contributed by atoms with E-state index in [1.165, 1.54) is 5.56 Å². The van der Waals surface area contributed by atoms with Crippen LogP contribution in [-0.4, -0.2) is 11.6 Å². The summed E-state index contributed by atoms with van der Waals surface area (Å²) in [5.41, 5.74) is 1.18. The Hall–Kier alpha value is -1.44. The lowest BCUT2D eigenvalue weighted by atomic mass is 9.78. The number of hydrogen-bond acceptors (Lipinski definition) is 2. The van der Waals surface area contributed by atoms with Crippen molar-refractivity contribution >= 4 is 11.6 Å². The van der Waals surface area contributed by atoms with Crippen molar-refractivity contribution in [2.24, 2.45) is 11.8 Å². The van der Waals surface area contributed by atoms with E-state index < -0.39 is 0 Å². The van der Waals surface area contributed by atoms with Crippen molar-refractivity contribution in [3.8, 4) is 0 Å². The Morgan fingerprint density at radius 3 is 1.90 bits per heavy atom. The number of carbonyl (C=O) groups excluding carboxylic acids is 2. The van der Waals surface area contributed by atoms with Gasteiger partial charge in [-0.1, -0.05) is 73.9 Å². The van der Waals surface area contributed by atoms with E-state index in [9.17, 15) is 9.59 Å². The van der Waals surface area contributed by atoms with Crippen LogP contribution in [0.2, 0.25) is 0 Å². The Morgan fingerprint density at radius 1 is 1.00 bits per heavy atom. The van der Waals surface area contributed by atoms with Gasteiger partial charge in [0.25, 0.3) is 0 Å². The van der Waals surface area contributed by atoms with Gasteiger partial charge in [0, 0.05) is 11.8 Å². The van der Waals surface area contributed by atoms with E-state index in [1.54, 1.807) is 0 Å². The van der Waals surface area contributed by atoms with Gasteiger partial charge >= 0.3 is 0 Å². The summed E-state index contributed by atoms with van der Waals surface area (Å²) >= 11 is 0. The van der Waals surface area contributed by atoms with Gasteiger partial charge in [-0.2, -0.15) is 0 Å². The molecular weight excluding hydrogens is 260 g/mol. The highest BCUT2D eigenvalue weighted by atomic mass is 16.2. The van der Waals surface area contributed by atoms with Gasteiger partial charge in [-0.15, -0.1) is 0 Å². The van der Waals surface area contributed by atoms with Gasteiger partial charge in [-0.05, 0) is 17.9 Å². The predicted octanol–water partition coefficient (Wildman–Crippen LogP) is 5.52. The van der Waals surface area contributed by atoms with Gasteiger partial charge in [-0.25, -0.2) is 0 Å². The molecule has 2 nitrogen and oxygen atoms in total. The van der Waals surface area contributed by atoms with Crippen molar-refractivity contribution in [3.63, 3.8) is 0 Å². The van der Waals surface area contributed by atoms with E-state index in [2.05, 4.69) is 19.1 Å². The van der Waals surface area contributed by atoms with Crippen molar-refractivity contribution in [1.29, 1.82) is 0 Å². The second kappa shape index (κ2) is 10.3. The van der Waals surface area contributed by atoms with Crippen LogP contribution in [0.4, 0.5) is 0 Å². The molecule has 0 N–H and O–H groups in total. The molecule has 0 saturated heterocycles. The van der Waals surface area contributed by atoms with E-state index in [-0.39, 0.29) is 65.4 Å². The molecule has 0 aromatic heterocycles. The predicted molar refractivity (Wildman–Crippen MR) is 93.7 cm³/mol. The number of benzene rings is 1. The molecule has 1 fully saturated rings. The molecule has 122 valence electrons. The summed E-state index contributed by atoms with van der Waals surface area (Å²) in [4.78, 5) is 23.6. The van der Waals surface area contributed by atoms with Crippen LogP contribution in [0.25, 0.3) is 0 Å². The van der Waals surface area contributed by atoms with Crippen molar-refractivity contribution in [2.75, 3.05) is 0 Å². The lowest BCUT2D eigenvalue weighted by molar-refractivity contribution is -0.123. The highest BCUT2D eigenvalue weighted by molar-refractivity contribution is 6.08. The maximum atomic E-state index is 11.9. The topological polar surface area (TPSA) is 34.1 Å². The number of Topliss-reactive ketones (excluding diaryl/α,β-unsaturated/α-hetero) is 2. The summed E-state index contributed by atoms with van der Waals surface area (Å²) in [5, 5.41) is 0. The molecule has 1 aromatic carbocycles. The molecule has 0 spiro atoms. The van der Waals surface area contributed by atoms with Gasteiger partial charge < -0.3 is 0 Å². The molecule has 0 amide bonds. The van der Waals surface area contributed by atoms with Gasteiger partial charge in [0.15, 0.2) is 0 Å².